The van der Waals surface area contributed by atoms with Gasteiger partial charge in [0, 0.05) is 0 Å². The van der Waals surface area contributed by atoms with Crippen molar-refractivity contribution in [3.05, 3.63) is 0 Å². The summed E-state index contributed by atoms with van der Waals surface area (Å²) in [6.07, 6.45) is 0. The zero-order valence-electron chi connectivity index (χ0n) is 9.89. The molecule has 1 saturated carbocycles. The van der Waals surface area contributed by atoms with Crippen molar-refractivity contribution in [3.8, 4) is 0 Å². The van der Waals surface area contributed by atoms with Gasteiger partial charge in [-0.3, -0.25) is 0 Å². The Labute approximate surface area is 86.1 Å². The Kier molecular flexibility index (Phi) is 7.68. The highest BCUT2D eigenvalue weighted by Gasteiger charge is 2.38. The van der Waals surface area contributed by atoms with Gasteiger partial charge in [-0.15, -0.1) is 0 Å². The Hall–Kier alpha value is 0. The van der Waals surface area contributed by atoms with Gasteiger partial charge in [0.15, 0.2) is 0 Å². The highest BCUT2D eigenvalue weighted by Crippen LogP contribution is 2.44. The Morgan fingerprint density at radius 3 is 0.615 bits per heavy atom. The highest BCUT2D eigenvalue weighted by atomic mass is 14.4. The number of hydrogen-bond acceptors (Lipinski definition) is 0. The second kappa shape index (κ2) is 6.45. The van der Waals surface area contributed by atoms with Crippen LogP contribution in [0, 0.1) is 29.6 Å². The van der Waals surface area contributed by atoms with Crippen LogP contribution in [0.3, 0.4) is 0 Å². The summed E-state index contributed by atoms with van der Waals surface area (Å²) < 4.78 is 0. The van der Waals surface area contributed by atoms with Gasteiger partial charge in [-0.2, -0.15) is 0 Å². The monoisotopic (exact) mass is 186 g/mol. The van der Waals surface area contributed by atoms with Crippen LogP contribution in [0.1, 0.15) is 55.9 Å². The van der Waals surface area contributed by atoms with E-state index in [1.54, 1.807) is 0 Å². The van der Waals surface area contributed by atoms with Crippen LogP contribution in [0.25, 0.3) is 0 Å². The van der Waals surface area contributed by atoms with E-state index < -0.39 is 0 Å². The van der Waals surface area contributed by atoms with Crippen LogP contribution in [0.15, 0.2) is 0 Å². The topological polar surface area (TPSA) is 0 Å². The first-order chi connectivity index (χ1) is 5.55. The van der Waals surface area contributed by atoms with E-state index in [-0.39, 0.29) is 7.43 Å². The van der Waals surface area contributed by atoms with Crippen molar-refractivity contribution in [1.82, 2.24) is 0 Å². The van der Waals surface area contributed by atoms with E-state index in [1.807, 2.05) is 13.8 Å². The molecule has 0 heteroatoms. The highest BCUT2D eigenvalue weighted by molar-refractivity contribution is 4.86. The van der Waals surface area contributed by atoms with E-state index in [0.717, 1.165) is 29.6 Å². The zero-order chi connectivity index (χ0) is 9.89. The SMILES string of the molecule is C.CC.CC1C(C)C(C)C(C)C1C. The summed E-state index contributed by atoms with van der Waals surface area (Å²) >= 11 is 0. The fourth-order valence-corrected chi connectivity index (χ4v) is 2.39. The molecule has 0 N–H and O–H groups in total. The summed E-state index contributed by atoms with van der Waals surface area (Å²) in [5.74, 6) is 4.68. The molecular formula is C13H30. The van der Waals surface area contributed by atoms with Crippen LogP contribution >= 0.6 is 0 Å². The molecule has 1 aliphatic rings. The second-order valence-electron chi connectivity index (χ2n) is 4.30. The molecule has 1 aliphatic carbocycles. The Balaban J connectivity index is 0. The average Bonchev–Trinajstić information content (AvgIpc) is 2.27. The van der Waals surface area contributed by atoms with Gasteiger partial charge in [0.2, 0.25) is 0 Å². The molecule has 0 heterocycles. The quantitative estimate of drug-likeness (QED) is 0.507. The molecule has 82 valence electrons. The van der Waals surface area contributed by atoms with Crippen LogP contribution in [0.2, 0.25) is 0 Å². The minimum absolute atomic E-state index is 0. The van der Waals surface area contributed by atoms with E-state index in [0.29, 0.717) is 0 Å². The Bertz CT molecular complexity index is 72.4. The van der Waals surface area contributed by atoms with Gasteiger partial charge < -0.3 is 0 Å². The number of rotatable bonds is 0. The number of hydrogen-bond donors (Lipinski definition) is 0. The van der Waals surface area contributed by atoms with Gasteiger partial charge >= 0.3 is 0 Å². The molecule has 1 rings (SSSR count). The molecule has 0 spiro atoms. The maximum atomic E-state index is 2.40. The van der Waals surface area contributed by atoms with Crippen LogP contribution in [0.4, 0.5) is 0 Å². The normalized spacial score (nSPS) is 43.2. The third kappa shape index (κ3) is 3.00. The largest absolute Gasteiger partial charge is 0.0776 e. The first-order valence-corrected chi connectivity index (χ1v) is 5.55. The molecule has 0 aromatic rings. The minimum atomic E-state index is 0. The van der Waals surface area contributed by atoms with E-state index in [4.69, 9.17) is 0 Å². The van der Waals surface area contributed by atoms with Crippen LogP contribution in [-0.2, 0) is 0 Å². The summed E-state index contributed by atoms with van der Waals surface area (Å²) in [6.45, 7) is 16.0. The van der Waals surface area contributed by atoms with Gasteiger partial charge in [0.1, 0.15) is 0 Å². The fourth-order valence-electron chi connectivity index (χ4n) is 2.39. The van der Waals surface area contributed by atoms with Gasteiger partial charge in [0.05, 0.1) is 0 Å². The maximum absolute atomic E-state index is 2.40. The van der Waals surface area contributed by atoms with Crippen molar-refractivity contribution in [3.63, 3.8) is 0 Å². The van der Waals surface area contributed by atoms with Gasteiger partial charge in [-0.25, -0.2) is 0 Å². The molecular weight excluding hydrogens is 156 g/mol. The summed E-state index contributed by atoms with van der Waals surface area (Å²) in [4.78, 5) is 0. The molecule has 0 atom stereocenters. The average molecular weight is 186 g/mol. The second-order valence-corrected chi connectivity index (χ2v) is 4.30. The Morgan fingerprint density at radius 1 is 0.462 bits per heavy atom. The first kappa shape index (κ1) is 15.5. The van der Waals surface area contributed by atoms with Gasteiger partial charge in [0.25, 0.3) is 0 Å². The van der Waals surface area contributed by atoms with Crippen LogP contribution in [-0.4, -0.2) is 0 Å². The van der Waals surface area contributed by atoms with E-state index in [2.05, 4.69) is 34.6 Å². The van der Waals surface area contributed by atoms with Crippen molar-refractivity contribution in [2.45, 2.75) is 55.9 Å². The predicted octanol–water partition coefficient (Wildman–Crippen LogP) is 4.84. The third-order valence-electron chi connectivity index (χ3n) is 4.15. The van der Waals surface area contributed by atoms with Crippen LogP contribution in [0.5, 0.6) is 0 Å². The molecule has 0 saturated heterocycles. The van der Waals surface area contributed by atoms with Crippen molar-refractivity contribution in [1.29, 1.82) is 0 Å². The van der Waals surface area contributed by atoms with E-state index in [9.17, 15) is 0 Å². The van der Waals surface area contributed by atoms with Crippen molar-refractivity contribution >= 4 is 0 Å². The lowest BCUT2D eigenvalue weighted by Crippen LogP contribution is -2.07. The fraction of sp³-hybridized carbons (Fsp3) is 1.00. The van der Waals surface area contributed by atoms with Crippen molar-refractivity contribution in [2.75, 3.05) is 0 Å². The maximum Gasteiger partial charge on any atom is -0.0386 e. The molecule has 0 aliphatic heterocycles. The summed E-state index contributed by atoms with van der Waals surface area (Å²) in [5, 5.41) is 0. The molecule has 0 radical (unpaired) electrons. The molecule has 1 fully saturated rings. The van der Waals surface area contributed by atoms with E-state index >= 15 is 0 Å². The summed E-state index contributed by atoms with van der Waals surface area (Å²) in [7, 11) is 0. The Morgan fingerprint density at radius 2 is 0.538 bits per heavy atom. The lowest BCUT2D eigenvalue weighted by molar-refractivity contribution is 0.352. The van der Waals surface area contributed by atoms with E-state index in [1.165, 1.54) is 0 Å². The van der Waals surface area contributed by atoms with Crippen LogP contribution < -0.4 is 0 Å². The van der Waals surface area contributed by atoms with Gasteiger partial charge in [-0.05, 0) is 29.6 Å². The molecule has 0 unspecified atom stereocenters. The molecule has 0 aromatic heterocycles. The lowest BCUT2D eigenvalue weighted by atomic mass is 9.92. The summed E-state index contributed by atoms with van der Waals surface area (Å²) in [5.41, 5.74) is 0. The minimum Gasteiger partial charge on any atom is -0.0776 e. The molecule has 0 aromatic carbocycles. The first-order valence-electron chi connectivity index (χ1n) is 5.55. The van der Waals surface area contributed by atoms with Gasteiger partial charge in [-0.1, -0.05) is 55.9 Å². The lowest BCUT2D eigenvalue weighted by Gasteiger charge is -2.14. The zero-order valence-corrected chi connectivity index (χ0v) is 9.89. The third-order valence-corrected chi connectivity index (χ3v) is 4.15. The predicted molar refractivity (Wildman–Crippen MR) is 63.9 cm³/mol. The summed E-state index contributed by atoms with van der Waals surface area (Å²) in [6, 6.07) is 0. The molecule has 0 bridgehead atoms. The smallest absolute Gasteiger partial charge is 0.0386 e. The van der Waals surface area contributed by atoms with Crippen molar-refractivity contribution in [2.24, 2.45) is 29.6 Å². The molecule has 0 nitrogen and oxygen atoms in total. The molecule has 0 amide bonds. The molecule has 13 heavy (non-hydrogen) atoms. The van der Waals surface area contributed by atoms with Crippen molar-refractivity contribution < 1.29 is 0 Å². The standard InChI is InChI=1S/C10H20.C2H6.CH4/c1-6-7(2)9(4)10(5)8(6)3;1-2;/h6-10H,1-5H3;1-2H3;1H4.